The number of aliphatic hydroxyl groups is 1. The quantitative estimate of drug-likeness (QED) is 0.0573. The van der Waals surface area contributed by atoms with E-state index in [2.05, 4.69) is 93.4 Å². The van der Waals surface area contributed by atoms with Crippen molar-refractivity contribution in [2.45, 2.75) is 211 Å². The molecule has 2 heterocycles. The van der Waals surface area contributed by atoms with Gasteiger partial charge in [-0.25, -0.2) is 0 Å². The van der Waals surface area contributed by atoms with Gasteiger partial charge in [0.1, 0.15) is 12.2 Å². The van der Waals surface area contributed by atoms with Gasteiger partial charge in [-0.1, -0.05) is 140 Å². The maximum absolute atomic E-state index is 11.5. The van der Waals surface area contributed by atoms with E-state index in [1.54, 1.807) is 0 Å². The minimum absolute atomic E-state index is 0.0492. The Morgan fingerprint density at radius 2 is 0.980 bits per heavy atom. The molecular weight excluding hydrogens is 629 g/mol. The van der Waals surface area contributed by atoms with Gasteiger partial charge in [0.15, 0.2) is 5.79 Å². The van der Waals surface area contributed by atoms with E-state index in [1.807, 2.05) is 0 Å². The standard InChI is InChI=1S/C46H84N2O3/c1-6-8-10-12-14-16-18-20-22-24-26-28-30-32-34-36-38-46(50-43-41-48(5)40-42(47(3)4)44(49)45(43)51-46)39-37-35-33-31-29-27-25-23-21-19-17-15-13-11-9-7-2/h14-17,20-23,42-45,49H,6-13,18-19,24-41H2,1-5H3/t42-,43+,44?,45+,46?/m0/s1. The van der Waals surface area contributed by atoms with Gasteiger partial charge < -0.3 is 24.4 Å². The molecule has 0 saturated carbocycles. The molecule has 5 nitrogen and oxygen atoms in total. The van der Waals surface area contributed by atoms with Crippen LogP contribution in [-0.4, -0.2) is 79.3 Å². The number of allylic oxidation sites excluding steroid dienone is 8. The van der Waals surface area contributed by atoms with Crippen molar-refractivity contribution in [2.24, 2.45) is 0 Å². The third-order valence-corrected chi connectivity index (χ3v) is 11.0. The van der Waals surface area contributed by atoms with E-state index >= 15 is 0 Å². The molecule has 5 heteroatoms. The molecule has 2 fully saturated rings. The molecule has 2 saturated heterocycles. The van der Waals surface area contributed by atoms with E-state index in [-0.39, 0.29) is 18.2 Å². The van der Waals surface area contributed by atoms with Crippen LogP contribution in [0.2, 0.25) is 0 Å². The van der Waals surface area contributed by atoms with Crippen LogP contribution in [0.25, 0.3) is 0 Å². The molecule has 1 unspecified atom stereocenters. The Bertz CT molecular complexity index is 879. The molecule has 0 aromatic heterocycles. The lowest BCUT2D eigenvalue weighted by atomic mass is 9.98. The fourth-order valence-corrected chi connectivity index (χ4v) is 7.75. The van der Waals surface area contributed by atoms with Crippen LogP contribution in [0.3, 0.4) is 0 Å². The van der Waals surface area contributed by atoms with Crippen molar-refractivity contribution in [3.05, 3.63) is 48.6 Å². The molecule has 0 aromatic carbocycles. The van der Waals surface area contributed by atoms with E-state index in [1.165, 1.54) is 128 Å². The lowest BCUT2D eigenvalue weighted by molar-refractivity contribution is -0.198. The minimum atomic E-state index is -0.546. The first-order valence-electron chi connectivity index (χ1n) is 21.9. The average molecular weight is 713 g/mol. The molecule has 0 amide bonds. The number of likely N-dealkylation sites (N-methyl/N-ethyl adjacent to an activating group) is 2. The Kier molecular flexibility index (Phi) is 27.1. The molecule has 51 heavy (non-hydrogen) atoms. The first-order valence-corrected chi connectivity index (χ1v) is 21.9. The number of ether oxygens (including phenoxy) is 2. The molecule has 0 aromatic rings. The summed E-state index contributed by atoms with van der Waals surface area (Å²) in [6, 6.07) is 0.0492. The van der Waals surface area contributed by atoms with Crippen molar-refractivity contribution in [1.29, 1.82) is 0 Å². The topological polar surface area (TPSA) is 45.2 Å². The van der Waals surface area contributed by atoms with Crippen molar-refractivity contribution in [1.82, 2.24) is 9.80 Å². The van der Waals surface area contributed by atoms with Gasteiger partial charge in [-0.2, -0.15) is 0 Å². The van der Waals surface area contributed by atoms with Gasteiger partial charge in [-0.3, -0.25) is 0 Å². The first-order chi connectivity index (χ1) is 24.9. The number of nitrogens with zero attached hydrogens (tertiary/aromatic N) is 2. The Morgan fingerprint density at radius 1 is 0.569 bits per heavy atom. The summed E-state index contributed by atoms with van der Waals surface area (Å²) < 4.78 is 13.8. The van der Waals surface area contributed by atoms with Crippen LogP contribution in [0.5, 0.6) is 0 Å². The molecule has 0 radical (unpaired) electrons. The molecule has 296 valence electrons. The Labute approximate surface area is 317 Å². The van der Waals surface area contributed by atoms with Crippen LogP contribution in [0.1, 0.15) is 181 Å². The highest BCUT2D eigenvalue weighted by molar-refractivity contribution is 4.99. The van der Waals surface area contributed by atoms with Crippen LogP contribution in [0, 0.1) is 0 Å². The van der Waals surface area contributed by atoms with Crippen molar-refractivity contribution < 1.29 is 14.6 Å². The monoisotopic (exact) mass is 713 g/mol. The van der Waals surface area contributed by atoms with Crippen molar-refractivity contribution in [2.75, 3.05) is 34.2 Å². The number of rotatable bonds is 31. The van der Waals surface area contributed by atoms with Crippen LogP contribution >= 0.6 is 0 Å². The molecule has 2 aliphatic heterocycles. The van der Waals surface area contributed by atoms with Gasteiger partial charge in [0, 0.05) is 25.9 Å². The fraction of sp³-hybridized carbons (Fsp3) is 0.826. The van der Waals surface area contributed by atoms with Gasteiger partial charge >= 0.3 is 0 Å². The molecule has 0 bridgehead atoms. The van der Waals surface area contributed by atoms with Crippen LogP contribution in [-0.2, 0) is 9.47 Å². The zero-order valence-electron chi connectivity index (χ0n) is 34.4. The number of hydrogen-bond acceptors (Lipinski definition) is 5. The van der Waals surface area contributed by atoms with Crippen LogP contribution < -0.4 is 0 Å². The zero-order valence-corrected chi connectivity index (χ0v) is 34.4. The molecule has 4 atom stereocenters. The smallest absolute Gasteiger partial charge is 0.169 e. The number of unbranched alkanes of at least 4 members (excludes halogenated alkanes) is 18. The Balaban J connectivity index is 1.70. The summed E-state index contributed by atoms with van der Waals surface area (Å²) in [5.74, 6) is -0.546. The minimum Gasteiger partial charge on any atom is -0.389 e. The van der Waals surface area contributed by atoms with E-state index in [9.17, 15) is 5.11 Å². The highest BCUT2D eigenvalue weighted by Gasteiger charge is 2.52. The van der Waals surface area contributed by atoms with Crippen molar-refractivity contribution >= 4 is 0 Å². The number of hydrogen-bond donors (Lipinski definition) is 1. The maximum Gasteiger partial charge on any atom is 0.169 e. The van der Waals surface area contributed by atoms with E-state index < -0.39 is 11.9 Å². The summed E-state index contributed by atoms with van der Waals surface area (Å²) in [7, 11) is 6.29. The Hall–Kier alpha value is -1.24. The molecule has 2 rings (SSSR count). The molecule has 1 N–H and O–H groups in total. The van der Waals surface area contributed by atoms with Crippen molar-refractivity contribution in [3.8, 4) is 0 Å². The van der Waals surface area contributed by atoms with Gasteiger partial charge in [-0.15, -0.1) is 0 Å². The maximum atomic E-state index is 11.5. The lowest BCUT2D eigenvalue weighted by Gasteiger charge is -2.34. The number of fused-ring (bicyclic) bond motifs is 1. The summed E-state index contributed by atoms with van der Waals surface area (Å²) >= 11 is 0. The molecular formula is C46H84N2O3. The molecule has 0 spiro atoms. The second-order valence-corrected chi connectivity index (χ2v) is 16.1. The molecule has 0 aliphatic carbocycles. The highest BCUT2D eigenvalue weighted by atomic mass is 16.8. The van der Waals surface area contributed by atoms with E-state index in [0.717, 1.165) is 51.6 Å². The summed E-state index contributed by atoms with van der Waals surface area (Å²) in [5, 5.41) is 11.5. The normalized spacial score (nSPS) is 24.7. The van der Waals surface area contributed by atoms with Gasteiger partial charge in [-0.05, 0) is 98.2 Å². The van der Waals surface area contributed by atoms with Gasteiger partial charge in [0.2, 0.25) is 0 Å². The lowest BCUT2D eigenvalue weighted by Crippen LogP contribution is -2.50. The average Bonchev–Trinajstić information content (AvgIpc) is 3.42. The van der Waals surface area contributed by atoms with Gasteiger partial charge in [0.05, 0.1) is 12.1 Å². The summed E-state index contributed by atoms with van der Waals surface area (Å²) in [6.45, 7) is 6.18. The summed E-state index contributed by atoms with van der Waals surface area (Å²) in [4.78, 5) is 4.47. The second-order valence-electron chi connectivity index (χ2n) is 16.1. The van der Waals surface area contributed by atoms with Gasteiger partial charge in [0.25, 0.3) is 0 Å². The number of aliphatic hydroxyl groups excluding tert-OH is 1. The fourth-order valence-electron chi connectivity index (χ4n) is 7.75. The Morgan fingerprint density at radius 3 is 1.41 bits per heavy atom. The third-order valence-electron chi connectivity index (χ3n) is 11.0. The number of likely N-dealkylation sites (tertiary alicyclic amines) is 1. The van der Waals surface area contributed by atoms with E-state index in [4.69, 9.17) is 9.47 Å². The predicted molar refractivity (Wildman–Crippen MR) is 221 cm³/mol. The summed E-state index contributed by atoms with van der Waals surface area (Å²) in [6.07, 6.45) is 49.9. The zero-order chi connectivity index (χ0) is 36.8. The second kappa shape index (κ2) is 30.1. The highest BCUT2D eigenvalue weighted by Crippen LogP contribution is 2.41. The molecule has 2 aliphatic rings. The van der Waals surface area contributed by atoms with E-state index in [0.29, 0.717) is 0 Å². The largest absolute Gasteiger partial charge is 0.389 e. The predicted octanol–water partition coefficient (Wildman–Crippen LogP) is 12.1. The third kappa shape index (κ3) is 21.3. The van der Waals surface area contributed by atoms with Crippen LogP contribution in [0.15, 0.2) is 48.6 Å². The summed E-state index contributed by atoms with van der Waals surface area (Å²) in [5.41, 5.74) is 0. The van der Waals surface area contributed by atoms with Crippen molar-refractivity contribution in [3.63, 3.8) is 0 Å². The SMILES string of the molecule is CCCCCC=CCC=CCCCCCCCCC1(CCCCCCCCC=CCC=CCCCCC)O[C@@H]2CN(C)C[C@H](N(C)C)C(O)[C@@H]2O1. The van der Waals surface area contributed by atoms with Crippen LogP contribution in [0.4, 0.5) is 0 Å². The first kappa shape index (κ1) is 45.9.